The van der Waals surface area contributed by atoms with Crippen molar-refractivity contribution in [3.8, 4) is 0 Å². The highest BCUT2D eigenvalue weighted by Crippen LogP contribution is 2.30. The lowest BCUT2D eigenvalue weighted by molar-refractivity contribution is -0.0708. The zero-order valence-corrected chi connectivity index (χ0v) is 13.6. The molecule has 1 fully saturated rings. The lowest BCUT2D eigenvalue weighted by atomic mass is 9.89. The molecule has 1 aromatic rings. The molecule has 1 saturated heterocycles. The van der Waals surface area contributed by atoms with Crippen LogP contribution in [0.4, 0.5) is 5.69 Å². The number of benzene rings is 1. The molecule has 1 N–H and O–H groups in total. The van der Waals surface area contributed by atoms with Crippen LogP contribution in [0.2, 0.25) is 0 Å². The monoisotopic (exact) mass is 359 g/mol. The van der Waals surface area contributed by atoms with Crippen LogP contribution >= 0.6 is 22.6 Å². The molecule has 1 aliphatic rings. The molecule has 2 unspecified atom stereocenters. The third-order valence-electron chi connectivity index (χ3n) is 3.89. The van der Waals surface area contributed by atoms with Crippen LogP contribution in [-0.4, -0.2) is 18.2 Å². The van der Waals surface area contributed by atoms with Gasteiger partial charge in [-0.2, -0.15) is 0 Å². The van der Waals surface area contributed by atoms with Gasteiger partial charge in [0.2, 0.25) is 0 Å². The van der Waals surface area contributed by atoms with Gasteiger partial charge in [0.1, 0.15) is 0 Å². The SMILES string of the molecule is CCC1(C)CC(Nc2ccc(I)cc2C)CCO1. The minimum absolute atomic E-state index is 0.0486. The number of aryl methyl sites for hydroxylation is 1. The molecule has 2 atom stereocenters. The fourth-order valence-electron chi connectivity index (χ4n) is 2.51. The predicted octanol–water partition coefficient (Wildman–Crippen LogP) is 4.36. The summed E-state index contributed by atoms with van der Waals surface area (Å²) < 4.78 is 7.18. The summed E-state index contributed by atoms with van der Waals surface area (Å²) in [6.07, 6.45) is 3.27. The summed E-state index contributed by atoms with van der Waals surface area (Å²) in [7, 11) is 0. The van der Waals surface area contributed by atoms with Gasteiger partial charge in [-0.1, -0.05) is 6.92 Å². The second kappa shape index (κ2) is 5.78. The second-order valence-corrected chi connectivity index (χ2v) is 6.69. The van der Waals surface area contributed by atoms with Crippen LogP contribution in [0.25, 0.3) is 0 Å². The Balaban J connectivity index is 2.05. The molecule has 3 heteroatoms. The van der Waals surface area contributed by atoms with Crippen LogP contribution < -0.4 is 5.32 Å². The maximum absolute atomic E-state index is 5.89. The Kier molecular flexibility index (Phi) is 4.54. The van der Waals surface area contributed by atoms with E-state index in [0.29, 0.717) is 6.04 Å². The normalized spacial score (nSPS) is 28.1. The van der Waals surface area contributed by atoms with Crippen molar-refractivity contribution in [3.63, 3.8) is 0 Å². The van der Waals surface area contributed by atoms with E-state index in [1.807, 2.05) is 0 Å². The molecular weight excluding hydrogens is 337 g/mol. The number of halogens is 1. The van der Waals surface area contributed by atoms with Crippen LogP contribution in [0, 0.1) is 10.5 Å². The van der Waals surface area contributed by atoms with Gasteiger partial charge >= 0.3 is 0 Å². The molecule has 18 heavy (non-hydrogen) atoms. The van der Waals surface area contributed by atoms with Crippen molar-refractivity contribution in [2.75, 3.05) is 11.9 Å². The Morgan fingerprint density at radius 2 is 2.28 bits per heavy atom. The first-order chi connectivity index (χ1) is 8.52. The Morgan fingerprint density at radius 1 is 1.50 bits per heavy atom. The van der Waals surface area contributed by atoms with Gasteiger partial charge in [-0.15, -0.1) is 0 Å². The average Bonchev–Trinajstić information content (AvgIpc) is 2.33. The Bertz CT molecular complexity index is 421. The Hall–Kier alpha value is -0.290. The van der Waals surface area contributed by atoms with E-state index < -0.39 is 0 Å². The summed E-state index contributed by atoms with van der Waals surface area (Å²) >= 11 is 2.36. The summed E-state index contributed by atoms with van der Waals surface area (Å²) in [5, 5.41) is 3.68. The summed E-state index contributed by atoms with van der Waals surface area (Å²) in [5.41, 5.74) is 2.64. The van der Waals surface area contributed by atoms with Crippen LogP contribution in [0.15, 0.2) is 18.2 Å². The molecule has 0 aromatic heterocycles. The van der Waals surface area contributed by atoms with Crippen molar-refractivity contribution in [3.05, 3.63) is 27.3 Å². The lowest BCUT2D eigenvalue weighted by Gasteiger charge is -2.38. The minimum atomic E-state index is 0.0486. The van der Waals surface area contributed by atoms with Crippen molar-refractivity contribution in [2.45, 2.75) is 51.7 Å². The smallest absolute Gasteiger partial charge is 0.0671 e. The highest BCUT2D eigenvalue weighted by atomic mass is 127. The molecule has 0 saturated carbocycles. The summed E-state index contributed by atoms with van der Waals surface area (Å²) in [6, 6.07) is 7.10. The number of nitrogens with one attached hydrogen (secondary N) is 1. The molecule has 0 radical (unpaired) electrons. The largest absolute Gasteiger partial charge is 0.382 e. The fraction of sp³-hybridized carbons (Fsp3) is 0.600. The third kappa shape index (κ3) is 3.38. The van der Waals surface area contributed by atoms with Crippen LogP contribution in [0.1, 0.15) is 38.7 Å². The number of ether oxygens (including phenoxy) is 1. The number of anilines is 1. The molecule has 2 rings (SSSR count). The summed E-state index contributed by atoms with van der Waals surface area (Å²) in [4.78, 5) is 0. The molecule has 0 bridgehead atoms. The molecule has 1 aromatic carbocycles. The van der Waals surface area contributed by atoms with Gasteiger partial charge in [0.25, 0.3) is 0 Å². The fourth-order valence-corrected chi connectivity index (χ4v) is 3.16. The van der Waals surface area contributed by atoms with Gasteiger partial charge < -0.3 is 10.1 Å². The Labute approximate surface area is 124 Å². The van der Waals surface area contributed by atoms with E-state index in [1.54, 1.807) is 0 Å². The zero-order valence-electron chi connectivity index (χ0n) is 11.4. The number of rotatable bonds is 3. The van der Waals surface area contributed by atoms with Crippen LogP contribution in [0.5, 0.6) is 0 Å². The first-order valence-electron chi connectivity index (χ1n) is 6.69. The second-order valence-electron chi connectivity index (χ2n) is 5.45. The molecule has 1 heterocycles. The maximum atomic E-state index is 5.89. The van der Waals surface area contributed by atoms with Gasteiger partial charge in [-0.25, -0.2) is 0 Å². The molecule has 2 nitrogen and oxygen atoms in total. The minimum Gasteiger partial charge on any atom is -0.382 e. The topological polar surface area (TPSA) is 21.3 Å². The van der Waals surface area contributed by atoms with Crippen molar-refractivity contribution >= 4 is 28.3 Å². The lowest BCUT2D eigenvalue weighted by Crippen LogP contribution is -2.41. The number of hydrogen-bond acceptors (Lipinski definition) is 2. The van der Waals surface area contributed by atoms with E-state index in [0.717, 1.165) is 25.9 Å². The van der Waals surface area contributed by atoms with Gasteiger partial charge in [-0.05, 0) is 79.5 Å². The van der Waals surface area contributed by atoms with E-state index in [9.17, 15) is 0 Å². The first kappa shape index (κ1) is 14.1. The summed E-state index contributed by atoms with van der Waals surface area (Å²) in [6.45, 7) is 7.47. The van der Waals surface area contributed by atoms with Gasteiger partial charge in [0, 0.05) is 21.9 Å². The average molecular weight is 359 g/mol. The molecular formula is C15H22INO. The molecule has 0 spiro atoms. The first-order valence-corrected chi connectivity index (χ1v) is 7.77. The molecule has 0 amide bonds. The molecule has 100 valence electrons. The standard InChI is InChI=1S/C15H22INO/c1-4-15(3)10-13(7-8-18-15)17-14-6-5-12(16)9-11(14)2/h5-6,9,13,17H,4,7-8,10H2,1-3H3. The molecule has 0 aliphatic carbocycles. The van der Waals surface area contributed by atoms with Crippen molar-refractivity contribution in [1.82, 2.24) is 0 Å². The van der Waals surface area contributed by atoms with E-state index >= 15 is 0 Å². The van der Waals surface area contributed by atoms with Crippen molar-refractivity contribution in [1.29, 1.82) is 0 Å². The molecule has 1 aliphatic heterocycles. The van der Waals surface area contributed by atoms with Gasteiger partial charge in [0.15, 0.2) is 0 Å². The van der Waals surface area contributed by atoms with Gasteiger partial charge in [0.05, 0.1) is 5.60 Å². The highest BCUT2D eigenvalue weighted by Gasteiger charge is 2.31. The van der Waals surface area contributed by atoms with Crippen molar-refractivity contribution in [2.24, 2.45) is 0 Å². The zero-order chi connectivity index (χ0) is 13.2. The summed E-state index contributed by atoms with van der Waals surface area (Å²) in [5.74, 6) is 0. The van der Waals surface area contributed by atoms with Crippen LogP contribution in [0.3, 0.4) is 0 Å². The number of hydrogen-bond donors (Lipinski definition) is 1. The van der Waals surface area contributed by atoms with Crippen LogP contribution in [-0.2, 0) is 4.74 Å². The quantitative estimate of drug-likeness (QED) is 0.810. The third-order valence-corrected chi connectivity index (χ3v) is 4.56. The van der Waals surface area contributed by atoms with E-state index in [2.05, 4.69) is 66.9 Å². The predicted molar refractivity (Wildman–Crippen MR) is 85.2 cm³/mol. The van der Waals surface area contributed by atoms with E-state index in [4.69, 9.17) is 4.74 Å². The van der Waals surface area contributed by atoms with Crippen molar-refractivity contribution < 1.29 is 4.74 Å². The highest BCUT2D eigenvalue weighted by molar-refractivity contribution is 14.1. The maximum Gasteiger partial charge on any atom is 0.0671 e. The van der Waals surface area contributed by atoms with Gasteiger partial charge in [-0.3, -0.25) is 0 Å². The Morgan fingerprint density at radius 3 is 2.94 bits per heavy atom. The van der Waals surface area contributed by atoms with E-state index in [1.165, 1.54) is 14.8 Å². The van der Waals surface area contributed by atoms with E-state index in [-0.39, 0.29) is 5.60 Å².